The van der Waals surface area contributed by atoms with Gasteiger partial charge in [0.05, 0.1) is 23.6 Å². The quantitative estimate of drug-likeness (QED) is 0.340. The van der Waals surface area contributed by atoms with Gasteiger partial charge in [-0.25, -0.2) is 0 Å². The van der Waals surface area contributed by atoms with E-state index in [1.807, 2.05) is 6.92 Å². The van der Waals surface area contributed by atoms with Crippen molar-refractivity contribution in [1.82, 2.24) is 20.1 Å². The topological polar surface area (TPSA) is 72.3 Å². The van der Waals surface area contributed by atoms with Crippen LogP contribution in [0.25, 0.3) is 0 Å². The van der Waals surface area contributed by atoms with E-state index in [2.05, 4.69) is 20.3 Å². The summed E-state index contributed by atoms with van der Waals surface area (Å²) in [6, 6.07) is 9.22. The highest BCUT2D eigenvalue weighted by Crippen LogP contribution is 2.51. The number of aromatic nitrogens is 3. The third kappa shape index (κ3) is 5.06. The Morgan fingerprint density at radius 2 is 1.83 bits per heavy atom. The Balaban J connectivity index is 1.32. The van der Waals surface area contributed by atoms with Gasteiger partial charge in [-0.05, 0) is 80.0 Å². The van der Waals surface area contributed by atoms with Gasteiger partial charge in [0.2, 0.25) is 0 Å². The molecular formula is C29H29F6N5O2. The molecule has 2 saturated carbocycles. The Morgan fingerprint density at radius 1 is 1.10 bits per heavy atom. The van der Waals surface area contributed by atoms with E-state index in [-0.39, 0.29) is 42.6 Å². The number of alkyl halides is 6. The molecule has 3 aliphatic rings. The molecular weight excluding hydrogens is 564 g/mol. The number of benzene rings is 2. The van der Waals surface area contributed by atoms with Crippen molar-refractivity contribution in [2.45, 2.75) is 81.7 Å². The SMILES string of the molecule is Cn1cnnc1C1(c2cccc(N3Cc4c(cc(CNC5(C)CCC5)cc4C(F)(F)F)C3=O)c2)CC(OC(F)(F)F)C1. The number of fused-ring (bicyclic) bond motifs is 1. The van der Waals surface area contributed by atoms with Crippen molar-refractivity contribution >= 4 is 11.6 Å². The van der Waals surface area contributed by atoms with Crippen molar-refractivity contribution in [3.8, 4) is 0 Å². The van der Waals surface area contributed by atoms with Gasteiger partial charge in [-0.2, -0.15) is 13.2 Å². The molecule has 3 aromatic rings. The van der Waals surface area contributed by atoms with Crippen molar-refractivity contribution in [1.29, 1.82) is 0 Å². The highest BCUT2D eigenvalue weighted by atomic mass is 19.4. The molecule has 0 spiro atoms. The lowest BCUT2D eigenvalue weighted by Crippen LogP contribution is -2.50. The summed E-state index contributed by atoms with van der Waals surface area (Å²) in [4.78, 5) is 14.9. The summed E-state index contributed by atoms with van der Waals surface area (Å²) in [5.74, 6) is -0.140. The first-order valence-electron chi connectivity index (χ1n) is 13.7. The lowest BCUT2D eigenvalue weighted by molar-refractivity contribution is -0.354. The molecule has 2 fully saturated rings. The van der Waals surface area contributed by atoms with Crippen LogP contribution >= 0.6 is 0 Å². The molecule has 42 heavy (non-hydrogen) atoms. The first-order chi connectivity index (χ1) is 19.7. The van der Waals surface area contributed by atoms with Gasteiger partial charge in [0.1, 0.15) is 12.2 Å². The fourth-order valence-electron chi connectivity index (χ4n) is 6.46. The number of amides is 1. The molecule has 0 unspecified atom stereocenters. The summed E-state index contributed by atoms with van der Waals surface area (Å²) >= 11 is 0. The molecule has 7 nitrogen and oxygen atoms in total. The van der Waals surface area contributed by atoms with E-state index in [0.717, 1.165) is 25.3 Å². The van der Waals surface area contributed by atoms with Gasteiger partial charge in [0.15, 0.2) is 0 Å². The molecule has 13 heteroatoms. The van der Waals surface area contributed by atoms with Crippen molar-refractivity contribution < 1.29 is 35.9 Å². The molecule has 0 saturated heterocycles. The highest BCUT2D eigenvalue weighted by molar-refractivity contribution is 6.10. The normalized spacial score (nSPS) is 23.5. The van der Waals surface area contributed by atoms with Crippen molar-refractivity contribution in [3.63, 3.8) is 0 Å². The number of carbonyl (C=O) groups excluding carboxylic acids is 1. The third-order valence-electron chi connectivity index (χ3n) is 8.89. The van der Waals surface area contributed by atoms with Crippen LogP contribution in [0.3, 0.4) is 0 Å². The van der Waals surface area contributed by atoms with Crippen LogP contribution in [0.15, 0.2) is 42.7 Å². The van der Waals surface area contributed by atoms with Gasteiger partial charge in [-0.15, -0.1) is 23.4 Å². The Kier molecular flexibility index (Phi) is 6.69. The van der Waals surface area contributed by atoms with E-state index in [1.54, 1.807) is 35.9 Å². The Hall–Kier alpha value is -3.45. The van der Waals surface area contributed by atoms with Crippen LogP contribution in [-0.4, -0.2) is 38.7 Å². The minimum atomic E-state index is -4.80. The van der Waals surface area contributed by atoms with Gasteiger partial charge >= 0.3 is 12.5 Å². The number of aryl methyl sites for hydroxylation is 1. The van der Waals surface area contributed by atoms with E-state index in [0.29, 0.717) is 22.6 Å². The number of rotatable bonds is 7. The van der Waals surface area contributed by atoms with Crippen molar-refractivity contribution in [2.75, 3.05) is 4.90 Å². The number of ether oxygens (including phenoxy) is 1. The first-order valence-corrected chi connectivity index (χ1v) is 13.7. The first kappa shape index (κ1) is 28.7. The summed E-state index contributed by atoms with van der Waals surface area (Å²) < 4.78 is 87.3. The molecule has 0 atom stereocenters. The van der Waals surface area contributed by atoms with E-state index < -0.39 is 35.5 Å². The molecule has 2 aromatic carbocycles. The van der Waals surface area contributed by atoms with Crippen LogP contribution in [0, 0.1) is 0 Å². The summed E-state index contributed by atoms with van der Waals surface area (Å²) in [5.41, 5.74) is -0.771. The predicted molar refractivity (Wildman–Crippen MR) is 139 cm³/mol. The van der Waals surface area contributed by atoms with E-state index in [1.165, 1.54) is 17.3 Å². The zero-order chi connectivity index (χ0) is 30.1. The molecule has 1 aromatic heterocycles. The molecule has 6 rings (SSSR count). The van der Waals surface area contributed by atoms with Gasteiger partial charge in [0.25, 0.3) is 5.91 Å². The third-order valence-corrected chi connectivity index (χ3v) is 8.89. The highest BCUT2D eigenvalue weighted by Gasteiger charge is 2.54. The van der Waals surface area contributed by atoms with Gasteiger partial charge in [-0.3, -0.25) is 9.53 Å². The fourth-order valence-corrected chi connectivity index (χ4v) is 6.46. The summed E-state index contributed by atoms with van der Waals surface area (Å²) in [6.07, 6.45) is -6.27. The number of carbonyl (C=O) groups is 1. The number of hydrogen-bond acceptors (Lipinski definition) is 5. The van der Waals surface area contributed by atoms with E-state index in [4.69, 9.17) is 0 Å². The zero-order valence-electron chi connectivity index (χ0n) is 22.9. The smallest absolute Gasteiger partial charge is 0.320 e. The van der Waals surface area contributed by atoms with Crippen LogP contribution < -0.4 is 10.2 Å². The largest absolute Gasteiger partial charge is 0.522 e. The number of nitrogens with zero attached hydrogens (tertiary/aromatic N) is 4. The summed E-state index contributed by atoms with van der Waals surface area (Å²) in [5, 5.41) is 11.4. The molecule has 1 N–H and O–H groups in total. The van der Waals surface area contributed by atoms with Crippen molar-refractivity contribution in [3.05, 3.63) is 76.4 Å². The summed E-state index contributed by atoms with van der Waals surface area (Å²) in [6.45, 7) is 1.95. The molecule has 1 amide bonds. The van der Waals surface area contributed by atoms with Crippen LogP contribution in [0.4, 0.5) is 32.0 Å². The number of anilines is 1. The van der Waals surface area contributed by atoms with Crippen LogP contribution in [-0.2, 0) is 36.5 Å². The Morgan fingerprint density at radius 3 is 2.43 bits per heavy atom. The zero-order valence-corrected chi connectivity index (χ0v) is 22.9. The number of halogens is 6. The minimum Gasteiger partial charge on any atom is -0.320 e. The minimum absolute atomic E-state index is 0.00362. The van der Waals surface area contributed by atoms with Gasteiger partial charge < -0.3 is 14.8 Å². The summed E-state index contributed by atoms with van der Waals surface area (Å²) in [7, 11) is 1.68. The maximum Gasteiger partial charge on any atom is 0.522 e. The molecule has 0 bridgehead atoms. The molecule has 2 aliphatic carbocycles. The van der Waals surface area contributed by atoms with Crippen LogP contribution in [0.1, 0.15) is 77.5 Å². The Labute approximate surface area is 237 Å². The predicted octanol–water partition coefficient (Wildman–Crippen LogP) is 6.01. The lowest BCUT2D eigenvalue weighted by atomic mass is 9.62. The maximum absolute atomic E-state index is 14.2. The average Bonchev–Trinajstić information content (AvgIpc) is 3.45. The second-order valence-electron chi connectivity index (χ2n) is 11.8. The molecule has 2 heterocycles. The fraction of sp³-hybridized carbons (Fsp3) is 0.483. The number of nitrogens with one attached hydrogen (secondary N) is 1. The van der Waals surface area contributed by atoms with Gasteiger partial charge in [-0.1, -0.05) is 12.1 Å². The van der Waals surface area contributed by atoms with Gasteiger partial charge in [0, 0.05) is 30.4 Å². The second kappa shape index (κ2) is 9.80. The van der Waals surface area contributed by atoms with Crippen LogP contribution in [0.2, 0.25) is 0 Å². The molecule has 1 aliphatic heterocycles. The monoisotopic (exact) mass is 593 g/mol. The second-order valence-corrected chi connectivity index (χ2v) is 11.8. The molecule has 0 radical (unpaired) electrons. The lowest BCUT2D eigenvalue weighted by Gasteiger charge is -2.46. The number of hydrogen-bond donors (Lipinski definition) is 1. The average molecular weight is 594 g/mol. The molecule has 224 valence electrons. The Bertz CT molecular complexity index is 1520. The van der Waals surface area contributed by atoms with E-state index in [9.17, 15) is 31.1 Å². The standard InChI is InChI=1S/C29H29F6N5O2/c1-26(7-4-8-26)36-14-17-9-21-22(23(10-17)28(30,31)32)15-40(24(21)41)19-6-3-5-18(11-19)27(25-38-37-16-39(25)2)12-20(13-27)42-29(33,34)35/h3,5-6,9-11,16,20,36H,4,7-8,12-15H2,1-2H3. The van der Waals surface area contributed by atoms with Crippen LogP contribution in [0.5, 0.6) is 0 Å². The van der Waals surface area contributed by atoms with Crippen molar-refractivity contribution in [2.24, 2.45) is 7.05 Å². The van der Waals surface area contributed by atoms with E-state index >= 15 is 0 Å². The maximum atomic E-state index is 14.2.